The predicted octanol–water partition coefficient (Wildman–Crippen LogP) is 5.11. The van der Waals surface area contributed by atoms with E-state index in [1.54, 1.807) is 0 Å². The molecule has 0 spiro atoms. The first-order valence-electron chi connectivity index (χ1n) is 7.05. The standard InChI is InChI=1S/C17H19BrClNO/c18-15-6-2-8-17(13-15)21-11-10-20-16-7-1-4-14(12-16)5-3-9-19/h1-2,4,6-8,12-13,20H,3,5,9-11H2. The summed E-state index contributed by atoms with van der Waals surface area (Å²) < 4.78 is 6.72. The number of alkyl halides is 1. The number of anilines is 1. The monoisotopic (exact) mass is 367 g/mol. The molecule has 0 aromatic heterocycles. The van der Waals surface area contributed by atoms with Gasteiger partial charge < -0.3 is 10.1 Å². The van der Waals surface area contributed by atoms with Gasteiger partial charge in [-0.1, -0.05) is 34.1 Å². The molecule has 0 bridgehead atoms. The van der Waals surface area contributed by atoms with Crippen LogP contribution in [0.25, 0.3) is 0 Å². The van der Waals surface area contributed by atoms with E-state index in [4.69, 9.17) is 16.3 Å². The maximum Gasteiger partial charge on any atom is 0.120 e. The third-order valence-corrected chi connectivity index (χ3v) is 3.78. The molecular formula is C17H19BrClNO. The molecule has 2 aromatic rings. The van der Waals surface area contributed by atoms with Crippen LogP contribution in [0.4, 0.5) is 5.69 Å². The summed E-state index contributed by atoms with van der Waals surface area (Å²) in [5.41, 5.74) is 2.44. The van der Waals surface area contributed by atoms with Crippen LogP contribution < -0.4 is 10.1 Å². The van der Waals surface area contributed by atoms with E-state index in [0.717, 1.165) is 35.3 Å². The fraction of sp³-hybridized carbons (Fsp3) is 0.294. The van der Waals surface area contributed by atoms with Crippen molar-refractivity contribution in [3.05, 3.63) is 58.6 Å². The molecule has 0 atom stereocenters. The molecular weight excluding hydrogens is 350 g/mol. The lowest BCUT2D eigenvalue weighted by Gasteiger charge is -2.10. The number of hydrogen-bond donors (Lipinski definition) is 1. The van der Waals surface area contributed by atoms with Gasteiger partial charge in [-0.05, 0) is 48.7 Å². The first-order valence-corrected chi connectivity index (χ1v) is 8.38. The minimum atomic E-state index is 0.627. The Balaban J connectivity index is 1.75. The zero-order chi connectivity index (χ0) is 14.9. The van der Waals surface area contributed by atoms with Gasteiger partial charge in [0.05, 0.1) is 0 Å². The van der Waals surface area contributed by atoms with E-state index < -0.39 is 0 Å². The summed E-state index contributed by atoms with van der Waals surface area (Å²) in [5, 5.41) is 3.38. The average Bonchev–Trinajstić information content (AvgIpc) is 2.50. The lowest BCUT2D eigenvalue weighted by atomic mass is 10.1. The molecule has 21 heavy (non-hydrogen) atoms. The van der Waals surface area contributed by atoms with Crippen LogP contribution in [0.2, 0.25) is 0 Å². The number of ether oxygens (including phenoxy) is 1. The van der Waals surface area contributed by atoms with Gasteiger partial charge >= 0.3 is 0 Å². The maximum absolute atomic E-state index is 5.73. The lowest BCUT2D eigenvalue weighted by molar-refractivity contribution is 0.332. The fourth-order valence-corrected chi connectivity index (χ4v) is 2.54. The number of halogens is 2. The minimum absolute atomic E-state index is 0.627. The molecule has 0 unspecified atom stereocenters. The molecule has 0 aliphatic carbocycles. The van der Waals surface area contributed by atoms with Crippen molar-refractivity contribution in [1.29, 1.82) is 0 Å². The Kier molecular flexibility index (Phi) is 6.90. The van der Waals surface area contributed by atoms with Gasteiger partial charge in [-0.15, -0.1) is 11.6 Å². The second-order valence-electron chi connectivity index (χ2n) is 4.73. The van der Waals surface area contributed by atoms with Crippen LogP contribution in [0.3, 0.4) is 0 Å². The third kappa shape index (κ3) is 5.98. The minimum Gasteiger partial charge on any atom is -0.492 e. The summed E-state index contributed by atoms with van der Waals surface area (Å²) in [6, 6.07) is 16.3. The van der Waals surface area contributed by atoms with E-state index >= 15 is 0 Å². The highest BCUT2D eigenvalue weighted by molar-refractivity contribution is 9.10. The van der Waals surface area contributed by atoms with Crippen LogP contribution in [-0.2, 0) is 6.42 Å². The van der Waals surface area contributed by atoms with Gasteiger partial charge in [0.1, 0.15) is 12.4 Å². The lowest BCUT2D eigenvalue weighted by Crippen LogP contribution is -2.11. The van der Waals surface area contributed by atoms with Crippen molar-refractivity contribution >= 4 is 33.2 Å². The maximum atomic E-state index is 5.73. The van der Waals surface area contributed by atoms with Crippen LogP contribution in [0, 0.1) is 0 Å². The number of benzene rings is 2. The Bertz CT molecular complexity index is 562. The van der Waals surface area contributed by atoms with E-state index in [0.29, 0.717) is 12.5 Å². The largest absolute Gasteiger partial charge is 0.492 e. The van der Waals surface area contributed by atoms with Gasteiger partial charge in [0, 0.05) is 22.6 Å². The zero-order valence-electron chi connectivity index (χ0n) is 11.8. The number of rotatable bonds is 8. The Morgan fingerprint density at radius 3 is 2.76 bits per heavy atom. The molecule has 0 aliphatic rings. The second kappa shape index (κ2) is 8.96. The number of hydrogen-bond acceptors (Lipinski definition) is 2. The molecule has 0 radical (unpaired) electrons. The normalized spacial score (nSPS) is 10.4. The van der Waals surface area contributed by atoms with Gasteiger partial charge in [0.15, 0.2) is 0 Å². The summed E-state index contributed by atoms with van der Waals surface area (Å²) in [4.78, 5) is 0. The molecule has 0 amide bonds. The Morgan fingerprint density at radius 2 is 1.95 bits per heavy atom. The van der Waals surface area contributed by atoms with Crippen molar-refractivity contribution in [3.63, 3.8) is 0 Å². The van der Waals surface area contributed by atoms with Crippen LogP contribution in [0.1, 0.15) is 12.0 Å². The van der Waals surface area contributed by atoms with E-state index in [2.05, 4.69) is 45.5 Å². The summed E-state index contributed by atoms with van der Waals surface area (Å²) >= 11 is 9.16. The van der Waals surface area contributed by atoms with Crippen LogP contribution in [0.5, 0.6) is 5.75 Å². The van der Waals surface area contributed by atoms with Gasteiger partial charge in [-0.25, -0.2) is 0 Å². The quantitative estimate of drug-likeness (QED) is 0.516. The Morgan fingerprint density at radius 1 is 1.10 bits per heavy atom. The first kappa shape index (κ1) is 16.2. The molecule has 2 aromatic carbocycles. The topological polar surface area (TPSA) is 21.3 Å². The van der Waals surface area contributed by atoms with E-state index in [-0.39, 0.29) is 0 Å². The van der Waals surface area contributed by atoms with E-state index in [1.807, 2.05) is 24.3 Å². The molecule has 0 heterocycles. The molecule has 4 heteroatoms. The molecule has 112 valence electrons. The smallest absolute Gasteiger partial charge is 0.120 e. The van der Waals surface area contributed by atoms with Crippen LogP contribution in [0.15, 0.2) is 53.0 Å². The van der Waals surface area contributed by atoms with E-state index in [1.165, 1.54) is 5.56 Å². The van der Waals surface area contributed by atoms with Gasteiger partial charge in [0.25, 0.3) is 0 Å². The molecule has 0 fully saturated rings. The van der Waals surface area contributed by atoms with Crippen molar-refractivity contribution in [3.8, 4) is 5.75 Å². The first-order chi connectivity index (χ1) is 10.3. The summed E-state index contributed by atoms with van der Waals surface area (Å²) in [6.07, 6.45) is 2.03. The van der Waals surface area contributed by atoms with Crippen molar-refractivity contribution in [2.24, 2.45) is 0 Å². The van der Waals surface area contributed by atoms with Crippen molar-refractivity contribution in [2.45, 2.75) is 12.8 Å². The third-order valence-electron chi connectivity index (χ3n) is 3.02. The van der Waals surface area contributed by atoms with Crippen LogP contribution in [-0.4, -0.2) is 19.0 Å². The Labute approximate surface area is 139 Å². The van der Waals surface area contributed by atoms with Crippen molar-refractivity contribution < 1.29 is 4.74 Å². The molecule has 0 aliphatic heterocycles. The Hall–Kier alpha value is -1.19. The van der Waals surface area contributed by atoms with Gasteiger partial charge in [0.2, 0.25) is 0 Å². The molecule has 2 rings (SSSR count). The second-order valence-corrected chi connectivity index (χ2v) is 6.02. The van der Waals surface area contributed by atoms with Crippen LogP contribution >= 0.6 is 27.5 Å². The van der Waals surface area contributed by atoms with Gasteiger partial charge in [-0.2, -0.15) is 0 Å². The summed E-state index contributed by atoms with van der Waals surface area (Å²) in [6.45, 7) is 1.40. The zero-order valence-corrected chi connectivity index (χ0v) is 14.2. The molecule has 0 saturated heterocycles. The number of nitrogens with one attached hydrogen (secondary N) is 1. The molecule has 1 N–H and O–H groups in total. The molecule has 2 nitrogen and oxygen atoms in total. The highest BCUT2D eigenvalue weighted by Crippen LogP contribution is 2.17. The highest BCUT2D eigenvalue weighted by Gasteiger charge is 1.97. The average molecular weight is 369 g/mol. The predicted molar refractivity (Wildman–Crippen MR) is 93.6 cm³/mol. The summed E-state index contributed by atoms with van der Waals surface area (Å²) in [7, 11) is 0. The van der Waals surface area contributed by atoms with Crippen molar-refractivity contribution in [2.75, 3.05) is 24.3 Å². The number of aryl methyl sites for hydroxylation is 1. The van der Waals surface area contributed by atoms with Crippen molar-refractivity contribution in [1.82, 2.24) is 0 Å². The molecule has 0 saturated carbocycles. The van der Waals surface area contributed by atoms with E-state index in [9.17, 15) is 0 Å². The summed E-state index contributed by atoms with van der Waals surface area (Å²) in [5.74, 6) is 1.58. The fourth-order valence-electron chi connectivity index (χ4n) is 2.03. The highest BCUT2D eigenvalue weighted by atomic mass is 79.9. The van der Waals surface area contributed by atoms with Gasteiger partial charge in [-0.3, -0.25) is 0 Å². The SMILES string of the molecule is ClCCCc1cccc(NCCOc2cccc(Br)c2)c1.